The normalized spacial score (nSPS) is 15.2. The van der Waals surface area contributed by atoms with E-state index in [1.807, 2.05) is 40.1 Å². The minimum Gasteiger partial charge on any atom is -0.337 e. The van der Waals surface area contributed by atoms with E-state index in [4.69, 9.17) is 12.2 Å². The summed E-state index contributed by atoms with van der Waals surface area (Å²) < 4.78 is 2.56. The van der Waals surface area contributed by atoms with E-state index in [2.05, 4.69) is 27.3 Å². The van der Waals surface area contributed by atoms with Crippen LogP contribution >= 0.6 is 23.6 Å². The van der Waals surface area contributed by atoms with Gasteiger partial charge in [-0.25, -0.2) is 4.98 Å². The minimum absolute atomic E-state index is 0.0272. The van der Waals surface area contributed by atoms with Crippen LogP contribution < -0.4 is 0 Å². The Morgan fingerprint density at radius 3 is 2.70 bits per heavy atom. The number of H-pyrrole nitrogens is 1. The number of rotatable bonds is 4. The van der Waals surface area contributed by atoms with Gasteiger partial charge in [-0.2, -0.15) is 5.10 Å². The average molecular weight is 400 g/mol. The average Bonchev–Trinajstić information content (AvgIpc) is 3.29. The Morgan fingerprint density at radius 2 is 2.04 bits per heavy atom. The molecule has 8 heteroatoms. The zero-order chi connectivity index (χ0) is 18.8. The number of nitrogens with one attached hydrogen (secondary N) is 1. The number of benzene rings is 1. The molecular weight excluding hydrogens is 378 g/mol. The first-order chi connectivity index (χ1) is 13.1. The molecule has 1 aliphatic rings. The molecule has 1 aromatic carbocycles. The van der Waals surface area contributed by atoms with Crippen LogP contribution in [0.15, 0.2) is 35.7 Å². The first-order valence-electron chi connectivity index (χ1n) is 9.00. The lowest BCUT2D eigenvalue weighted by Gasteiger charge is -2.31. The Labute approximate surface area is 166 Å². The molecule has 3 aromatic rings. The Bertz CT molecular complexity index is 983. The number of likely N-dealkylation sites (tertiary alicyclic amines) is 1. The maximum atomic E-state index is 12.8. The van der Waals surface area contributed by atoms with Gasteiger partial charge in [-0.15, -0.1) is 11.3 Å². The second-order valence-electron chi connectivity index (χ2n) is 6.80. The molecule has 140 valence electrons. The molecule has 0 spiro atoms. The Kier molecular flexibility index (Phi) is 5.18. The van der Waals surface area contributed by atoms with Crippen LogP contribution in [0.5, 0.6) is 0 Å². The number of carbonyl (C=O) groups excluding carboxylic acids is 1. The number of nitrogens with zero attached hydrogens (tertiary/aromatic N) is 4. The summed E-state index contributed by atoms with van der Waals surface area (Å²) in [6.45, 7) is 1.43. The van der Waals surface area contributed by atoms with Crippen molar-refractivity contribution < 1.29 is 4.79 Å². The summed E-state index contributed by atoms with van der Waals surface area (Å²) in [6, 6.07) is 10.2. The van der Waals surface area contributed by atoms with Crippen LogP contribution in [0.2, 0.25) is 0 Å². The second kappa shape index (κ2) is 7.74. The molecule has 27 heavy (non-hydrogen) atoms. The summed E-state index contributed by atoms with van der Waals surface area (Å²) in [5, 5.41) is 10.0. The molecule has 1 N–H and O–H groups in total. The van der Waals surface area contributed by atoms with Crippen LogP contribution in [0.4, 0.5) is 0 Å². The molecule has 0 atom stereocenters. The molecule has 1 fully saturated rings. The maximum absolute atomic E-state index is 12.8. The topological polar surface area (TPSA) is 66.8 Å². The van der Waals surface area contributed by atoms with Gasteiger partial charge in [-0.05, 0) is 30.6 Å². The van der Waals surface area contributed by atoms with Gasteiger partial charge in [0.2, 0.25) is 0 Å². The number of hydrogen-bond acceptors (Lipinski definition) is 5. The van der Waals surface area contributed by atoms with Gasteiger partial charge in [-0.1, -0.05) is 30.3 Å². The molecule has 4 rings (SSSR count). The second-order valence-corrected chi connectivity index (χ2v) is 8.13. The first-order valence-corrected chi connectivity index (χ1v) is 10.3. The SMILES string of the molecule is Cn1c(C2CCN(C(=O)c3csc(Cc4ccccc4)n3)CC2)n[nH]c1=S. The zero-order valence-electron chi connectivity index (χ0n) is 15.1. The molecule has 1 aliphatic heterocycles. The van der Waals surface area contributed by atoms with Crippen molar-refractivity contribution in [3.63, 3.8) is 0 Å². The molecule has 1 saturated heterocycles. The van der Waals surface area contributed by atoms with Crippen molar-refractivity contribution in [2.24, 2.45) is 7.05 Å². The third-order valence-electron chi connectivity index (χ3n) is 5.03. The minimum atomic E-state index is 0.0272. The van der Waals surface area contributed by atoms with E-state index >= 15 is 0 Å². The van der Waals surface area contributed by atoms with Crippen molar-refractivity contribution >= 4 is 29.5 Å². The van der Waals surface area contributed by atoms with Crippen molar-refractivity contribution in [2.75, 3.05) is 13.1 Å². The lowest BCUT2D eigenvalue weighted by Crippen LogP contribution is -2.38. The van der Waals surface area contributed by atoms with E-state index in [0.29, 0.717) is 29.5 Å². The van der Waals surface area contributed by atoms with Gasteiger partial charge in [0.25, 0.3) is 5.91 Å². The molecule has 3 heterocycles. The number of aromatic nitrogens is 4. The summed E-state index contributed by atoms with van der Waals surface area (Å²) in [4.78, 5) is 19.3. The molecule has 0 aliphatic carbocycles. The van der Waals surface area contributed by atoms with Crippen LogP contribution in [0.3, 0.4) is 0 Å². The van der Waals surface area contributed by atoms with E-state index in [0.717, 1.165) is 30.1 Å². The first kappa shape index (κ1) is 18.1. The highest BCUT2D eigenvalue weighted by Gasteiger charge is 2.28. The predicted octanol–water partition coefficient (Wildman–Crippen LogP) is 3.54. The van der Waals surface area contributed by atoms with Gasteiger partial charge in [0.1, 0.15) is 11.5 Å². The van der Waals surface area contributed by atoms with E-state index in [1.54, 1.807) is 11.3 Å². The Morgan fingerprint density at radius 1 is 1.30 bits per heavy atom. The van der Waals surface area contributed by atoms with E-state index < -0.39 is 0 Å². The lowest BCUT2D eigenvalue weighted by atomic mass is 9.96. The maximum Gasteiger partial charge on any atom is 0.273 e. The van der Waals surface area contributed by atoms with Crippen LogP contribution in [0.25, 0.3) is 0 Å². The molecular formula is C19H21N5OS2. The standard InChI is InChI=1S/C19H21N5OS2/c1-23-17(21-22-19(23)26)14-7-9-24(10-8-14)18(25)15-12-27-16(20-15)11-13-5-3-2-4-6-13/h2-6,12,14H,7-11H2,1H3,(H,22,26). The molecule has 2 aromatic heterocycles. The van der Waals surface area contributed by atoms with Gasteiger partial charge in [-0.3, -0.25) is 9.89 Å². The van der Waals surface area contributed by atoms with Crippen LogP contribution in [-0.4, -0.2) is 43.6 Å². The summed E-state index contributed by atoms with van der Waals surface area (Å²) in [7, 11) is 1.93. The lowest BCUT2D eigenvalue weighted by molar-refractivity contribution is 0.0705. The largest absolute Gasteiger partial charge is 0.337 e. The molecule has 6 nitrogen and oxygen atoms in total. The number of piperidine rings is 1. The van der Waals surface area contributed by atoms with Gasteiger partial charge >= 0.3 is 0 Å². The third kappa shape index (κ3) is 3.86. The van der Waals surface area contributed by atoms with Crippen LogP contribution in [-0.2, 0) is 13.5 Å². The van der Waals surface area contributed by atoms with E-state index in [-0.39, 0.29) is 5.91 Å². The van der Waals surface area contributed by atoms with Crippen molar-refractivity contribution in [2.45, 2.75) is 25.2 Å². The Balaban J connectivity index is 1.38. The van der Waals surface area contributed by atoms with Crippen molar-refractivity contribution in [3.8, 4) is 0 Å². The number of aromatic amines is 1. The zero-order valence-corrected chi connectivity index (χ0v) is 16.7. The summed E-state index contributed by atoms with van der Waals surface area (Å²) in [5.74, 6) is 1.33. The third-order valence-corrected chi connectivity index (χ3v) is 6.24. The predicted molar refractivity (Wildman–Crippen MR) is 108 cm³/mol. The molecule has 0 radical (unpaired) electrons. The van der Waals surface area contributed by atoms with E-state index in [1.165, 1.54) is 5.56 Å². The molecule has 0 unspecified atom stereocenters. The van der Waals surface area contributed by atoms with Crippen molar-refractivity contribution in [3.05, 3.63) is 62.6 Å². The van der Waals surface area contributed by atoms with E-state index in [9.17, 15) is 4.79 Å². The van der Waals surface area contributed by atoms with Crippen LogP contribution in [0.1, 0.15) is 45.6 Å². The highest BCUT2D eigenvalue weighted by molar-refractivity contribution is 7.71. The highest BCUT2D eigenvalue weighted by atomic mass is 32.1. The fourth-order valence-corrected chi connectivity index (χ4v) is 4.43. The summed E-state index contributed by atoms with van der Waals surface area (Å²) >= 11 is 6.75. The Hall–Kier alpha value is -2.32. The molecule has 1 amide bonds. The number of thiazole rings is 1. The molecule has 0 bridgehead atoms. The van der Waals surface area contributed by atoms with Gasteiger partial charge in [0, 0.05) is 37.9 Å². The molecule has 0 saturated carbocycles. The highest BCUT2D eigenvalue weighted by Crippen LogP contribution is 2.27. The fourth-order valence-electron chi connectivity index (χ4n) is 3.49. The van der Waals surface area contributed by atoms with Crippen molar-refractivity contribution in [1.82, 2.24) is 24.6 Å². The van der Waals surface area contributed by atoms with Crippen LogP contribution in [0, 0.1) is 4.77 Å². The number of amides is 1. The monoisotopic (exact) mass is 399 g/mol. The van der Waals surface area contributed by atoms with Gasteiger partial charge < -0.3 is 9.47 Å². The quantitative estimate of drug-likeness (QED) is 0.682. The number of carbonyl (C=O) groups is 1. The smallest absolute Gasteiger partial charge is 0.273 e. The van der Waals surface area contributed by atoms with Crippen molar-refractivity contribution in [1.29, 1.82) is 0 Å². The van der Waals surface area contributed by atoms with Gasteiger partial charge in [0.15, 0.2) is 4.77 Å². The summed E-state index contributed by atoms with van der Waals surface area (Å²) in [6.07, 6.45) is 2.54. The fraction of sp³-hybridized carbons (Fsp3) is 0.368. The van der Waals surface area contributed by atoms with Gasteiger partial charge in [0.05, 0.1) is 5.01 Å². The summed E-state index contributed by atoms with van der Waals surface area (Å²) in [5.41, 5.74) is 1.77. The number of hydrogen-bond donors (Lipinski definition) is 1.